The van der Waals surface area contributed by atoms with Gasteiger partial charge in [0.15, 0.2) is 0 Å². The fourth-order valence-corrected chi connectivity index (χ4v) is 2.13. The van der Waals surface area contributed by atoms with E-state index in [0.717, 1.165) is 14.2 Å². The van der Waals surface area contributed by atoms with Gasteiger partial charge in [0, 0.05) is 12.0 Å². The summed E-state index contributed by atoms with van der Waals surface area (Å²) in [4.78, 5) is 33.5. The number of aliphatic carboxylic acids is 1. The zero-order valence-electron chi connectivity index (χ0n) is 11.5. The molecule has 0 aromatic heterocycles. The summed E-state index contributed by atoms with van der Waals surface area (Å²) in [5.41, 5.74) is -2.34. The number of carbonyl (C=O) groups is 2. The van der Waals surface area contributed by atoms with Crippen molar-refractivity contribution in [3.8, 4) is 0 Å². The first kappa shape index (κ1) is 16.6. The SMILES string of the molecule is COC(=O)C(OC)(C(=O)[O-])C(C[N+](=O)[O-])c1ccccc1. The molecule has 0 aliphatic heterocycles. The largest absolute Gasteiger partial charge is 0.546 e. The van der Waals surface area contributed by atoms with Crippen LogP contribution in [0.3, 0.4) is 0 Å². The van der Waals surface area contributed by atoms with Gasteiger partial charge in [-0.3, -0.25) is 10.1 Å². The molecule has 0 amide bonds. The van der Waals surface area contributed by atoms with E-state index in [2.05, 4.69) is 4.74 Å². The Kier molecular flexibility index (Phi) is 5.37. The molecule has 0 fully saturated rings. The van der Waals surface area contributed by atoms with Crippen LogP contribution in [0.1, 0.15) is 11.5 Å². The molecule has 0 N–H and O–H groups in total. The fraction of sp³-hybridized carbons (Fsp3) is 0.385. The van der Waals surface area contributed by atoms with Crippen molar-refractivity contribution in [1.82, 2.24) is 0 Å². The summed E-state index contributed by atoms with van der Waals surface area (Å²) >= 11 is 0. The lowest BCUT2D eigenvalue weighted by Crippen LogP contribution is -2.61. The number of benzene rings is 1. The van der Waals surface area contributed by atoms with Crippen molar-refractivity contribution >= 4 is 11.9 Å². The zero-order chi connectivity index (χ0) is 16.0. The Morgan fingerprint density at radius 2 is 1.86 bits per heavy atom. The van der Waals surface area contributed by atoms with Gasteiger partial charge in [-0.15, -0.1) is 0 Å². The summed E-state index contributed by atoms with van der Waals surface area (Å²) in [6.07, 6.45) is 0. The highest BCUT2D eigenvalue weighted by molar-refractivity contribution is 6.03. The van der Waals surface area contributed by atoms with Crippen LogP contribution in [0.5, 0.6) is 0 Å². The lowest BCUT2D eigenvalue weighted by atomic mass is 9.81. The minimum Gasteiger partial charge on any atom is -0.546 e. The van der Waals surface area contributed by atoms with E-state index >= 15 is 0 Å². The fourth-order valence-electron chi connectivity index (χ4n) is 2.13. The minimum atomic E-state index is -2.59. The molecule has 2 atom stereocenters. The summed E-state index contributed by atoms with van der Waals surface area (Å²) in [6.45, 7) is -0.832. The molecule has 0 saturated carbocycles. The summed E-state index contributed by atoms with van der Waals surface area (Å²) < 4.78 is 9.27. The van der Waals surface area contributed by atoms with Gasteiger partial charge >= 0.3 is 5.97 Å². The van der Waals surface area contributed by atoms with Crippen molar-refractivity contribution in [3.05, 3.63) is 46.0 Å². The maximum Gasteiger partial charge on any atom is 0.345 e. The Labute approximate surface area is 120 Å². The first-order chi connectivity index (χ1) is 9.90. The number of methoxy groups -OCH3 is 2. The molecule has 0 aliphatic carbocycles. The van der Waals surface area contributed by atoms with E-state index < -0.39 is 34.9 Å². The van der Waals surface area contributed by atoms with Crippen LogP contribution in [-0.4, -0.2) is 43.2 Å². The third-order valence-corrected chi connectivity index (χ3v) is 3.14. The Hall–Kier alpha value is -2.48. The molecule has 1 aromatic rings. The third kappa shape index (κ3) is 3.16. The molecule has 8 nitrogen and oxygen atoms in total. The molecule has 8 heteroatoms. The molecule has 0 heterocycles. The van der Waals surface area contributed by atoms with Gasteiger partial charge in [0.05, 0.1) is 19.0 Å². The van der Waals surface area contributed by atoms with E-state index in [9.17, 15) is 24.8 Å². The van der Waals surface area contributed by atoms with Crippen LogP contribution >= 0.6 is 0 Å². The quantitative estimate of drug-likeness (QED) is 0.284. The van der Waals surface area contributed by atoms with E-state index in [1.807, 2.05) is 0 Å². The number of carbonyl (C=O) groups excluding carboxylic acids is 2. The first-order valence-corrected chi connectivity index (χ1v) is 5.91. The summed E-state index contributed by atoms with van der Waals surface area (Å²) in [5.74, 6) is -4.55. The van der Waals surface area contributed by atoms with Crippen LogP contribution in [0.25, 0.3) is 0 Å². The van der Waals surface area contributed by atoms with E-state index in [4.69, 9.17) is 4.74 Å². The molecule has 1 aromatic carbocycles. The predicted molar refractivity (Wildman–Crippen MR) is 67.8 cm³/mol. The molecule has 21 heavy (non-hydrogen) atoms. The van der Waals surface area contributed by atoms with Gasteiger partial charge in [0.25, 0.3) is 0 Å². The van der Waals surface area contributed by atoms with Gasteiger partial charge in [-0.1, -0.05) is 30.3 Å². The average Bonchev–Trinajstić information content (AvgIpc) is 2.47. The summed E-state index contributed by atoms with van der Waals surface area (Å²) in [6, 6.07) is 7.71. The normalized spacial score (nSPS) is 14.8. The number of rotatable bonds is 7. The van der Waals surface area contributed by atoms with Crippen LogP contribution in [0, 0.1) is 10.1 Å². The van der Waals surface area contributed by atoms with Crippen molar-refractivity contribution in [3.63, 3.8) is 0 Å². The second-order valence-corrected chi connectivity index (χ2v) is 4.20. The number of carboxylic acids is 1. The number of ether oxygens (including phenoxy) is 2. The van der Waals surface area contributed by atoms with Gasteiger partial charge in [0.2, 0.25) is 12.1 Å². The molecule has 2 unspecified atom stereocenters. The number of carboxylic acid groups (broad SMARTS) is 1. The van der Waals surface area contributed by atoms with Crippen molar-refractivity contribution in [2.24, 2.45) is 0 Å². The molecule has 0 spiro atoms. The van der Waals surface area contributed by atoms with E-state index in [1.165, 1.54) is 12.1 Å². The molecule has 0 saturated heterocycles. The number of hydrogen-bond acceptors (Lipinski definition) is 7. The molecular formula is C13H14NO7-. The molecule has 1 rings (SSSR count). The minimum absolute atomic E-state index is 0.255. The highest BCUT2D eigenvalue weighted by Crippen LogP contribution is 2.32. The second-order valence-electron chi connectivity index (χ2n) is 4.20. The van der Waals surface area contributed by atoms with Crippen molar-refractivity contribution in [2.75, 3.05) is 20.8 Å². The number of hydrogen-bond donors (Lipinski definition) is 0. The smallest absolute Gasteiger partial charge is 0.345 e. The predicted octanol–water partition coefficient (Wildman–Crippen LogP) is -0.645. The van der Waals surface area contributed by atoms with Gasteiger partial charge in [-0.25, -0.2) is 4.79 Å². The maximum absolute atomic E-state index is 11.9. The highest BCUT2D eigenvalue weighted by Gasteiger charge is 2.52. The highest BCUT2D eigenvalue weighted by atomic mass is 16.6. The Morgan fingerprint density at radius 3 is 2.24 bits per heavy atom. The van der Waals surface area contributed by atoms with E-state index in [0.29, 0.717) is 0 Å². The van der Waals surface area contributed by atoms with Crippen LogP contribution in [0.2, 0.25) is 0 Å². The van der Waals surface area contributed by atoms with Crippen LogP contribution in [0.15, 0.2) is 30.3 Å². The van der Waals surface area contributed by atoms with Crippen LogP contribution in [0.4, 0.5) is 0 Å². The second kappa shape index (κ2) is 6.80. The van der Waals surface area contributed by atoms with Gasteiger partial charge < -0.3 is 19.4 Å². The topological polar surface area (TPSA) is 119 Å². The first-order valence-electron chi connectivity index (χ1n) is 5.91. The number of nitrogens with zero attached hydrogens (tertiary/aromatic N) is 1. The number of esters is 1. The summed E-state index contributed by atoms with van der Waals surface area (Å²) in [5, 5.41) is 22.4. The van der Waals surface area contributed by atoms with Crippen molar-refractivity contribution < 1.29 is 29.1 Å². The standard InChI is InChI=1S/C13H15NO7/c1-20-12(17)13(21-2,11(15)16)10(8-14(18)19)9-6-4-3-5-7-9/h3-7,10H,8H2,1-2H3,(H,15,16)/p-1. The van der Waals surface area contributed by atoms with Crippen molar-refractivity contribution in [1.29, 1.82) is 0 Å². The molecule has 0 aliphatic rings. The van der Waals surface area contributed by atoms with E-state index in [-0.39, 0.29) is 5.56 Å². The zero-order valence-corrected chi connectivity index (χ0v) is 11.5. The Bertz CT molecular complexity index is 531. The lowest BCUT2D eigenvalue weighted by molar-refractivity contribution is -0.487. The van der Waals surface area contributed by atoms with Crippen molar-refractivity contribution in [2.45, 2.75) is 11.5 Å². The maximum atomic E-state index is 11.9. The van der Waals surface area contributed by atoms with Crippen LogP contribution in [-0.2, 0) is 19.1 Å². The lowest BCUT2D eigenvalue weighted by Gasteiger charge is -2.35. The third-order valence-electron chi connectivity index (χ3n) is 3.14. The molecule has 114 valence electrons. The Balaban J connectivity index is 3.47. The van der Waals surface area contributed by atoms with Crippen LogP contribution < -0.4 is 5.11 Å². The van der Waals surface area contributed by atoms with Gasteiger partial charge in [0.1, 0.15) is 0 Å². The van der Waals surface area contributed by atoms with Gasteiger partial charge in [-0.2, -0.15) is 0 Å². The summed E-state index contributed by atoms with van der Waals surface area (Å²) in [7, 11) is 1.93. The number of nitro groups is 1. The Morgan fingerprint density at radius 1 is 1.29 bits per heavy atom. The monoisotopic (exact) mass is 296 g/mol. The van der Waals surface area contributed by atoms with Gasteiger partial charge in [-0.05, 0) is 5.56 Å². The van der Waals surface area contributed by atoms with E-state index in [1.54, 1.807) is 18.2 Å². The molecule has 0 radical (unpaired) electrons. The average molecular weight is 296 g/mol. The molecule has 0 bridgehead atoms. The molecular weight excluding hydrogens is 282 g/mol.